The number of hydrogen-bond donors (Lipinski definition) is 1. The molecule has 1 N–H and O–H groups in total. The van der Waals surface area contributed by atoms with Gasteiger partial charge in [0.05, 0.1) is 0 Å². The SMILES string of the molecule is Cc1cccc(CNCC[C@@H]2CCC(=O)N2Cc2cc(F)ccc2C)c1. The number of carbonyl (C=O) groups excluding carboxylic acids is 1. The molecule has 2 aromatic rings. The Hall–Kier alpha value is -2.20. The Bertz CT molecular complexity index is 774. The quantitative estimate of drug-likeness (QED) is 0.759. The molecule has 1 atom stereocenters. The zero-order valence-electron chi connectivity index (χ0n) is 15.6. The van der Waals surface area contributed by atoms with Gasteiger partial charge >= 0.3 is 0 Å². The van der Waals surface area contributed by atoms with Crippen LogP contribution in [0.4, 0.5) is 4.39 Å². The Morgan fingerprint density at radius 1 is 1.19 bits per heavy atom. The number of carbonyl (C=O) groups is 1. The summed E-state index contributed by atoms with van der Waals surface area (Å²) in [6, 6.07) is 13.5. The van der Waals surface area contributed by atoms with Crippen LogP contribution in [0.15, 0.2) is 42.5 Å². The molecule has 0 aliphatic carbocycles. The fourth-order valence-corrected chi connectivity index (χ4v) is 3.63. The smallest absolute Gasteiger partial charge is 0.223 e. The van der Waals surface area contributed by atoms with E-state index >= 15 is 0 Å². The van der Waals surface area contributed by atoms with E-state index in [0.717, 1.165) is 37.1 Å². The van der Waals surface area contributed by atoms with E-state index in [-0.39, 0.29) is 17.8 Å². The largest absolute Gasteiger partial charge is 0.335 e. The maximum Gasteiger partial charge on any atom is 0.223 e. The minimum atomic E-state index is -0.242. The normalized spacial score (nSPS) is 17.1. The molecule has 26 heavy (non-hydrogen) atoms. The van der Waals surface area contributed by atoms with Crippen LogP contribution in [0.1, 0.15) is 41.5 Å². The number of aryl methyl sites for hydroxylation is 2. The molecule has 0 aromatic heterocycles. The van der Waals surface area contributed by atoms with Crippen molar-refractivity contribution in [2.24, 2.45) is 0 Å². The highest BCUT2D eigenvalue weighted by atomic mass is 19.1. The number of likely N-dealkylation sites (tertiary alicyclic amines) is 1. The standard InChI is InChI=1S/C22H27FN2O/c1-16-4-3-5-18(12-16)14-24-11-10-21-8-9-22(26)25(21)15-19-13-20(23)7-6-17(19)2/h3-7,12-13,21,24H,8-11,14-15H2,1-2H3/t21-/m0/s1. The van der Waals surface area contributed by atoms with Crippen LogP contribution in [0, 0.1) is 19.7 Å². The van der Waals surface area contributed by atoms with Crippen LogP contribution in [0.3, 0.4) is 0 Å². The molecule has 0 radical (unpaired) electrons. The van der Waals surface area contributed by atoms with Crippen molar-refractivity contribution in [3.05, 3.63) is 70.5 Å². The molecular formula is C22H27FN2O. The second kappa shape index (κ2) is 8.45. The van der Waals surface area contributed by atoms with E-state index in [1.54, 1.807) is 12.1 Å². The molecule has 1 saturated heterocycles. The Kier molecular flexibility index (Phi) is 6.04. The van der Waals surface area contributed by atoms with Crippen LogP contribution in [-0.2, 0) is 17.9 Å². The van der Waals surface area contributed by atoms with Crippen molar-refractivity contribution in [3.63, 3.8) is 0 Å². The molecule has 138 valence electrons. The third-order valence-corrected chi connectivity index (χ3v) is 5.17. The summed E-state index contributed by atoms with van der Waals surface area (Å²) < 4.78 is 13.5. The van der Waals surface area contributed by atoms with Crippen molar-refractivity contribution < 1.29 is 9.18 Å². The second-order valence-electron chi connectivity index (χ2n) is 7.24. The lowest BCUT2D eigenvalue weighted by molar-refractivity contribution is -0.129. The molecule has 2 aromatic carbocycles. The highest BCUT2D eigenvalue weighted by Gasteiger charge is 2.30. The molecule has 0 unspecified atom stereocenters. The minimum absolute atomic E-state index is 0.178. The fourth-order valence-electron chi connectivity index (χ4n) is 3.63. The van der Waals surface area contributed by atoms with Crippen molar-refractivity contribution >= 4 is 5.91 Å². The van der Waals surface area contributed by atoms with E-state index in [1.165, 1.54) is 17.2 Å². The molecule has 1 aliphatic rings. The number of halogens is 1. The van der Waals surface area contributed by atoms with Gasteiger partial charge in [-0.15, -0.1) is 0 Å². The summed E-state index contributed by atoms with van der Waals surface area (Å²) in [5, 5.41) is 3.48. The number of benzene rings is 2. The minimum Gasteiger partial charge on any atom is -0.335 e. The van der Waals surface area contributed by atoms with E-state index in [2.05, 4.69) is 36.5 Å². The molecule has 4 heteroatoms. The van der Waals surface area contributed by atoms with Gasteiger partial charge in [-0.3, -0.25) is 4.79 Å². The summed E-state index contributed by atoms with van der Waals surface area (Å²) in [6.07, 6.45) is 2.40. The van der Waals surface area contributed by atoms with Crippen LogP contribution in [0.5, 0.6) is 0 Å². The first-order valence-electron chi connectivity index (χ1n) is 9.33. The van der Waals surface area contributed by atoms with Crippen molar-refractivity contribution in [2.75, 3.05) is 6.54 Å². The van der Waals surface area contributed by atoms with Crippen LogP contribution in [0.2, 0.25) is 0 Å². The Labute approximate surface area is 155 Å². The summed E-state index contributed by atoms with van der Waals surface area (Å²) >= 11 is 0. The molecule has 3 rings (SSSR count). The maximum absolute atomic E-state index is 13.5. The first kappa shape index (κ1) is 18.6. The van der Waals surface area contributed by atoms with Gasteiger partial charge in [0, 0.05) is 25.6 Å². The summed E-state index contributed by atoms with van der Waals surface area (Å²) in [5.41, 5.74) is 4.47. The first-order valence-corrected chi connectivity index (χ1v) is 9.33. The average Bonchev–Trinajstić information content (AvgIpc) is 2.95. The summed E-state index contributed by atoms with van der Waals surface area (Å²) in [4.78, 5) is 14.2. The molecule has 1 aliphatic heterocycles. The average molecular weight is 354 g/mol. The van der Waals surface area contributed by atoms with Gasteiger partial charge in [0.25, 0.3) is 0 Å². The van der Waals surface area contributed by atoms with Crippen LogP contribution in [0.25, 0.3) is 0 Å². The summed E-state index contributed by atoms with van der Waals surface area (Å²) in [6.45, 7) is 6.27. The van der Waals surface area contributed by atoms with E-state index in [0.29, 0.717) is 13.0 Å². The zero-order chi connectivity index (χ0) is 18.5. The highest BCUT2D eigenvalue weighted by molar-refractivity contribution is 5.78. The Morgan fingerprint density at radius 3 is 2.85 bits per heavy atom. The van der Waals surface area contributed by atoms with Gasteiger partial charge in [-0.25, -0.2) is 4.39 Å². The lowest BCUT2D eigenvalue weighted by Crippen LogP contribution is -2.34. The third kappa shape index (κ3) is 4.70. The summed E-state index contributed by atoms with van der Waals surface area (Å²) in [7, 11) is 0. The molecule has 3 nitrogen and oxygen atoms in total. The lowest BCUT2D eigenvalue weighted by Gasteiger charge is -2.26. The fraction of sp³-hybridized carbons (Fsp3) is 0.409. The number of hydrogen-bond acceptors (Lipinski definition) is 2. The van der Waals surface area contributed by atoms with Gasteiger partial charge in [0.2, 0.25) is 5.91 Å². The van der Waals surface area contributed by atoms with Crippen molar-refractivity contribution in [3.8, 4) is 0 Å². The van der Waals surface area contributed by atoms with Gasteiger partial charge in [0.1, 0.15) is 5.82 Å². The number of nitrogens with one attached hydrogen (secondary N) is 1. The molecule has 1 amide bonds. The molecule has 0 spiro atoms. The summed E-state index contributed by atoms with van der Waals surface area (Å²) in [5.74, 6) is -0.0639. The number of rotatable bonds is 7. The molecular weight excluding hydrogens is 327 g/mol. The van der Waals surface area contributed by atoms with Crippen molar-refractivity contribution in [2.45, 2.75) is 52.2 Å². The molecule has 1 fully saturated rings. The zero-order valence-corrected chi connectivity index (χ0v) is 15.6. The van der Waals surface area contributed by atoms with E-state index < -0.39 is 0 Å². The monoisotopic (exact) mass is 354 g/mol. The first-order chi connectivity index (χ1) is 12.5. The van der Waals surface area contributed by atoms with Crippen LogP contribution in [-0.4, -0.2) is 23.4 Å². The third-order valence-electron chi connectivity index (χ3n) is 5.17. The van der Waals surface area contributed by atoms with Crippen LogP contribution < -0.4 is 5.32 Å². The van der Waals surface area contributed by atoms with Gasteiger partial charge < -0.3 is 10.2 Å². The maximum atomic E-state index is 13.5. The van der Waals surface area contributed by atoms with E-state index in [9.17, 15) is 9.18 Å². The second-order valence-corrected chi connectivity index (χ2v) is 7.24. The van der Waals surface area contributed by atoms with Gasteiger partial charge in [-0.05, 0) is 62.1 Å². The van der Waals surface area contributed by atoms with Gasteiger partial charge in [-0.1, -0.05) is 35.9 Å². The molecule has 1 heterocycles. The van der Waals surface area contributed by atoms with Crippen LogP contribution >= 0.6 is 0 Å². The topological polar surface area (TPSA) is 32.3 Å². The molecule has 0 bridgehead atoms. The predicted molar refractivity (Wildman–Crippen MR) is 102 cm³/mol. The number of amides is 1. The molecule has 0 saturated carbocycles. The van der Waals surface area contributed by atoms with E-state index in [4.69, 9.17) is 0 Å². The van der Waals surface area contributed by atoms with Gasteiger partial charge in [0.15, 0.2) is 0 Å². The van der Waals surface area contributed by atoms with Crippen molar-refractivity contribution in [1.82, 2.24) is 10.2 Å². The lowest BCUT2D eigenvalue weighted by atomic mass is 10.1. The van der Waals surface area contributed by atoms with Crippen molar-refractivity contribution in [1.29, 1.82) is 0 Å². The Morgan fingerprint density at radius 2 is 2.04 bits per heavy atom. The number of nitrogens with zero attached hydrogens (tertiary/aromatic N) is 1. The Balaban J connectivity index is 1.53. The predicted octanol–water partition coefficient (Wildman–Crippen LogP) is 4.11. The van der Waals surface area contributed by atoms with Gasteiger partial charge in [-0.2, -0.15) is 0 Å². The van der Waals surface area contributed by atoms with E-state index in [1.807, 2.05) is 11.8 Å². The highest BCUT2D eigenvalue weighted by Crippen LogP contribution is 2.25.